The van der Waals surface area contributed by atoms with E-state index >= 15 is 0 Å². The lowest BCUT2D eigenvalue weighted by atomic mass is 10.2. The van der Waals surface area contributed by atoms with Gasteiger partial charge in [-0.3, -0.25) is 0 Å². The Morgan fingerprint density at radius 3 is 3.05 bits per heavy atom. The fraction of sp³-hybridized carbons (Fsp3) is 0.467. The molecule has 0 bridgehead atoms. The molecule has 1 aliphatic heterocycles. The predicted molar refractivity (Wildman–Crippen MR) is 83.7 cm³/mol. The molecule has 0 radical (unpaired) electrons. The van der Waals surface area contributed by atoms with Crippen molar-refractivity contribution in [3.8, 4) is 11.5 Å². The number of ether oxygens (including phenoxy) is 1. The van der Waals surface area contributed by atoms with Crippen LogP contribution in [-0.2, 0) is 11.3 Å². The SMILES string of the molecule is CN1CCO[C@H](CNCc2nnc(-c3ccccc3Cl)o2)C1. The minimum absolute atomic E-state index is 0.199. The minimum atomic E-state index is 0.199. The first-order valence-electron chi connectivity index (χ1n) is 7.30. The number of halogens is 1. The Labute approximate surface area is 134 Å². The van der Waals surface area contributed by atoms with Gasteiger partial charge in [0.15, 0.2) is 0 Å². The van der Waals surface area contributed by atoms with Crippen LogP contribution in [0.5, 0.6) is 0 Å². The molecule has 7 heteroatoms. The third kappa shape index (κ3) is 3.84. The van der Waals surface area contributed by atoms with E-state index in [1.165, 1.54) is 0 Å². The number of nitrogens with zero attached hydrogens (tertiary/aromatic N) is 3. The summed E-state index contributed by atoms with van der Waals surface area (Å²) in [5, 5.41) is 12.0. The second-order valence-corrected chi connectivity index (χ2v) is 5.77. The molecule has 0 amide bonds. The van der Waals surface area contributed by atoms with Crippen LogP contribution in [0.1, 0.15) is 5.89 Å². The molecule has 6 nitrogen and oxygen atoms in total. The van der Waals surface area contributed by atoms with E-state index in [2.05, 4.69) is 27.5 Å². The van der Waals surface area contributed by atoms with Crippen molar-refractivity contribution in [3.63, 3.8) is 0 Å². The average Bonchev–Trinajstić information content (AvgIpc) is 2.96. The number of benzene rings is 1. The number of rotatable bonds is 5. The van der Waals surface area contributed by atoms with Crippen molar-refractivity contribution in [2.45, 2.75) is 12.6 Å². The topological polar surface area (TPSA) is 63.4 Å². The maximum Gasteiger partial charge on any atom is 0.249 e. The molecule has 1 saturated heterocycles. The third-order valence-electron chi connectivity index (χ3n) is 3.56. The molecule has 118 valence electrons. The Hall–Kier alpha value is -1.47. The van der Waals surface area contributed by atoms with Gasteiger partial charge >= 0.3 is 0 Å². The average molecular weight is 323 g/mol. The lowest BCUT2D eigenvalue weighted by molar-refractivity contribution is -0.0184. The van der Waals surface area contributed by atoms with E-state index in [1.54, 1.807) is 6.07 Å². The zero-order valence-corrected chi connectivity index (χ0v) is 13.2. The highest BCUT2D eigenvalue weighted by atomic mass is 35.5. The van der Waals surface area contributed by atoms with Gasteiger partial charge in [-0.05, 0) is 19.2 Å². The predicted octanol–water partition coefficient (Wildman–Crippen LogP) is 1.81. The van der Waals surface area contributed by atoms with E-state index in [9.17, 15) is 0 Å². The summed E-state index contributed by atoms with van der Waals surface area (Å²) in [5.41, 5.74) is 0.750. The van der Waals surface area contributed by atoms with Crippen LogP contribution in [-0.4, -0.2) is 54.5 Å². The molecule has 3 rings (SSSR count). The molecule has 2 aromatic rings. The van der Waals surface area contributed by atoms with E-state index < -0.39 is 0 Å². The molecule has 0 spiro atoms. The molecule has 1 aromatic heterocycles. The van der Waals surface area contributed by atoms with Crippen LogP contribution in [0.25, 0.3) is 11.5 Å². The van der Waals surface area contributed by atoms with E-state index in [4.69, 9.17) is 20.8 Å². The maximum absolute atomic E-state index is 6.12. The molecule has 22 heavy (non-hydrogen) atoms. The zero-order chi connectivity index (χ0) is 15.4. The van der Waals surface area contributed by atoms with Crippen LogP contribution in [0.3, 0.4) is 0 Å². The highest BCUT2D eigenvalue weighted by Crippen LogP contribution is 2.26. The number of aromatic nitrogens is 2. The van der Waals surface area contributed by atoms with Crippen LogP contribution in [0, 0.1) is 0 Å². The highest BCUT2D eigenvalue weighted by Gasteiger charge is 2.17. The van der Waals surface area contributed by atoms with Gasteiger partial charge < -0.3 is 19.4 Å². The van der Waals surface area contributed by atoms with Crippen molar-refractivity contribution < 1.29 is 9.15 Å². The van der Waals surface area contributed by atoms with Gasteiger partial charge in [-0.2, -0.15) is 0 Å². The van der Waals surface area contributed by atoms with Crippen LogP contribution < -0.4 is 5.32 Å². The monoisotopic (exact) mass is 322 g/mol. The van der Waals surface area contributed by atoms with Crippen LogP contribution >= 0.6 is 11.6 Å². The zero-order valence-electron chi connectivity index (χ0n) is 12.5. The first kappa shape index (κ1) is 15.4. The number of nitrogens with one attached hydrogen (secondary N) is 1. The van der Waals surface area contributed by atoms with Crippen molar-refractivity contribution >= 4 is 11.6 Å². The summed E-state index contributed by atoms with van der Waals surface area (Å²) in [6, 6.07) is 7.42. The fourth-order valence-electron chi connectivity index (χ4n) is 2.40. The minimum Gasteiger partial charge on any atom is -0.419 e. The molecule has 1 N–H and O–H groups in total. The van der Waals surface area contributed by atoms with Gasteiger partial charge in [-0.15, -0.1) is 10.2 Å². The van der Waals surface area contributed by atoms with Gasteiger partial charge in [0.25, 0.3) is 0 Å². The molecule has 1 aliphatic rings. The number of hydrogen-bond acceptors (Lipinski definition) is 6. The molecular weight excluding hydrogens is 304 g/mol. The normalized spacial score (nSPS) is 19.5. The van der Waals surface area contributed by atoms with Crippen molar-refractivity contribution in [1.82, 2.24) is 20.4 Å². The van der Waals surface area contributed by atoms with Crippen LogP contribution in [0.2, 0.25) is 5.02 Å². The molecule has 1 fully saturated rings. The number of morpholine rings is 1. The molecule has 1 aromatic carbocycles. The summed E-state index contributed by atoms with van der Waals surface area (Å²) in [6.07, 6.45) is 0.199. The van der Waals surface area contributed by atoms with Gasteiger partial charge in [0.2, 0.25) is 11.8 Å². The number of likely N-dealkylation sites (N-methyl/N-ethyl adjacent to an activating group) is 1. The number of hydrogen-bond donors (Lipinski definition) is 1. The Balaban J connectivity index is 1.53. The molecule has 0 unspecified atom stereocenters. The molecule has 1 atom stereocenters. The quantitative estimate of drug-likeness (QED) is 0.906. The van der Waals surface area contributed by atoms with E-state index in [0.717, 1.165) is 31.8 Å². The largest absolute Gasteiger partial charge is 0.419 e. The fourth-order valence-corrected chi connectivity index (χ4v) is 2.62. The van der Waals surface area contributed by atoms with Gasteiger partial charge in [0.05, 0.1) is 29.8 Å². The van der Waals surface area contributed by atoms with Crippen molar-refractivity contribution in [1.29, 1.82) is 0 Å². The Bertz CT molecular complexity index is 619. The summed E-state index contributed by atoms with van der Waals surface area (Å²) in [5.74, 6) is 0.982. The first-order chi connectivity index (χ1) is 10.7. The highest BCUT2D eigenvalue weighted by molar-refractivity contribution is 6.33. The summed E-state index contributed by atoms with van der Waals surface area (Å²) in [7, 11) is 2.10. The maximum atomic E-state index is 6.12. The van der Waals surface area contributed by atoms with Gasteiger partial charge in [-0.25, -0.2) is 0 Å². The lowest BCUT2D eigenvalue weighted by Crippen LogP contribution is -2.44. The van der Waals surface area contributed by atoms with Gasteiger partial charge in [0, 0.05) is 19.6 Å². The first-order valence-corrected chi connectivity index (χ1v) is 7.68. The molecule has 0 aliphatic carbocycles. The Morgan fingerprint density at radius 1 is 1.36 bits per heavy atom. The van der Waals surface area contributed by atoms with Gasteiger partial charge in [0.1, 0.15) is 0 Å². The van der Waals surface area contributed by atoms with E-state index in [1.807, 2.05) is 18.2 Å². The second kappa shape index (κ2) is 7.19. The molecule has 0 saturated carbocycles. The van der Waals surface area contributed by atoms with E-state index in [0.29, 0.717) is 23.3 Å². The summed E-state index contributed by atoms with van der Waals surface area (Å²) >= 11 is 6.12. The van der Waals surface area contributed by atoms with Crippen LogP contribution in [0.4, 0.5) is 0 Å². The van der Waals surface area contributed by atoms with Crippen molar-refractivity contribution in [3.05, 3.63) is 35.2 Å². The summed E-state index contributed by atoms with van der Waals surface area (Å²) in [4.78, 5) is 2.26. The Kier molecular flexibility index (Phi) is 5.04. The van der Waals surface area contributed by atoms with Crippen LogP contribution in [0.15, 0.2) is 28.7 Å². The lowest BCUT2D eigenvalue weighted by Gasteiger charge is -2.30. The smallest absolute Gasteiger partial charge is 0.249 e. The summed E-state index contributed by atoms with van der Waals surface area (Å²) < 4.78 is 11.3. The van der Waals surface area contributed by atoms with Gasteiger partial charge in [-0.1, -0.05) is 23.7 Å². The molecular formula is C15H19ClN4O2. The summed E-state index contributed by atoms with van der Waals surface area (Å²) in [6.45, 7) is 3.97. The third-order valence-corrected chi connectivity index (χ3v) is 3.89. The Morgan fingerprint density at radius 2 is 2.23 bits per heavy atom. The van der Waals surface area contributed by atoms with Crippen molar-refractivity contribution in [2.75, 3.05) is 33.3 Å². The standard InChI is InChI=1S/C15H19ClN4O2/c1-20-6-7-21-11(10-20)8-17-9-14-18-19-15(22-14)12-4-2-3-5-13(12)16/h2-5,11,17H,6-10H2,1H3/t11-/m1/s1. The molecule has 2 heterocycles. The van der Waals surface area contributed by atoms with E-state index in [-0.39, 0.29) is 6.10 Å². The van der Waals surface area contributed by atoms with Crippen molar-refractivity contribution in [2.24, 2.45) is 0 Å². The second-order valence-electron chi connectivity index (χ2n) is 5.37.